The monoisotopic (exact) mass is 277 g/mol. The van der Waals surface area contributed by atoms with Gasteiger partial charge in [0.2, 0.25) is 5.91 Å². The summed E-state index contributed by atoms with van der Waals surface area (Å²) in [7, 11) is -4.07. The van der Waals surface area contributed by atoms with E-state index in [1.54, 1.807) is 0 Å². The number of hydrogen-bond donors (Lipinski definition) is 1. The highest BCUT2D eigenvalue weighted by molar-refractivity contribution is 7.92. The van der Waals surface area contributed by atoms with Crippen molar-refractivity contribution >= 4 is 21.5 Å². The first-order valence-corrected chi connectivity index (χ1v) is 6.50. The van der Waals surface area contributed by atoms with Gasteiger partial charge < -0.3 is 5.73 Å². The lowest BCUT2D eigenvalue weighted by Crippen LogP contribution is -2.28. The minimum Gasteiger partial charge on any atom is -0.369 e. The summed E-state index contributed by atoms with van der Waals surface area (Å²) in [4.78, 5) is 21.9. The minimum absolute atomic E-state index is 0.595. The zero-order valence-electron chi connectivity index (χ0n) is 9.02. The topological polar surface area (TPSA) is 94.3 Å². The van der Waals surface area contributed by atoms with Gasteiger partial charge in [-0.05, 0) is 18.2 Å². The molecular weight excluding hydrogens is 268 g/mol. The average Bonchev–Trinajstić information content (AvgIpc) is 2.18. The van der Waals surface area contributed by atoms with Crippen molar-refractivity contribution in [2.24, 2.45) is 5.73 Å². The third kappa shape index (κ3) is 3.88. The van der Waals surface area contributed by atoms with Crippen molar-refractivity contribution in [3.63, 3.8) is 0 Å². The second-order valence-corrected chi connectivity index (χ2v) is 5.61. The highest BCUT2D eigenvalue weighted by Crippen LogP contribution is 2.11. The average molecular weight is 277 g/mol. The molecule has 0 aromatic heterocycles. The van der Waals surface area contributed by atoms with Crippen LogP contribution in [0.3, 0.4) is 0 Å². The standard InChI is InChI=1S/C10H9F2NO4S/c11-6-1-2-8(12)7(3-6)9(14)4-18(16,17)5-10(13)15/h1-3H,4-5H2,(H2,13,15). The molecule has 0 saturated carbocycles. The van der Waals surface area contributed by atoms with Gasteiger partial charge in [-0.15, -0.1) is 0 Å². The van der Waals surface area contributed by atoms with Crippen LogP contribution in [0, 0.1) is 11.6 Å². The molecule has 18 heavy (non-hydrogen) atoms. The van der Waals surface area contributed by atoms with E-state index in [1.165, 1.54) is 0 Å². The zero-order valence-corrected chi connectivity index (χ0v) is 9.84. The SMILES string of the molecule is NC(=O)CS(=O)(=O)CC(=O)c1cc(F)ccc1F. The van der Waals surface area contributed by atoms with Gasteiger partial charge in [-0.25, -0.2) is 17.2 Å². The maximum absolute atomic E-state index is 13.2. The number of sulfone groups is 1. The van der Waals surface area contributed by atoms with Crippen LogP contribution in [0.2, 0.25) is 0 Å². The lowest BCUT2D eigenvalue weighted by atomic mass is 10.1. The number of halogens is 2. The van der Waals surface area contributed by atoms with Gasteiger partial charge >= 0.3 is 0 Å². The van der Waals surface area contributed by atoms with E-state index in [1.807, 2.05) is 0 Å². The number of benzene rings is 1. The van der Waals surface area contributed by atoms with E-state index >= 15 is 0 Å². The molecule has 0 heterocycles. The van der Waals surface area contributed by atoms with E-state index in [2.05, 4.69) is 5.73 Å². The molecule has 0 radical (unpaired) electrons. The van der Waals surface area contributed by atoms with Gasteiger partial charge in [0.15, 0.2) is 15.6 Å². The number of rotatable bonds is 5. The molecule has 0 saturated heterocycles. The maximum Gasteiger partial charge on any atom is 0.232 e. The maximum atomic E-state index is 13.2. The van der Waals surface area contributed by atoms with Crippen LogP contribution in [0.1, 0.15) is 10.4 Å². The number of ketones is 1. The zero-order chi connectivity index (χ0) is 13.9. The first-order valence-electron chi connectivity index (χ1n) is 4.68. The van der Waals surface area contributed by atoms with Crippen LogP contribution in [-0.2, 0) is 14.6 Å². The molecule has 0 atom stereocenters. The molecule has 0 aliphatic carbocycles. The Balaban J connectivity index is 2.96. The van der Waals surface area contributed by atoms with Crippen LogP contribution in [-0.4, -0.2) is 31.6 Å². The summed E-state index contributed by atoms with van der Waals surface area (Å²) in [5.74, 6) is -6.27. The predicted molar refractivity (Wildman–Crippen MR) is 58.5 cm³/mol. The van der Waals surface area contributed by atoms with Gasteiger partial charge in [-0.2, -0.15) is 0 Å². The molecule has 2 N–H and O–H groups in total. The summed E-state index contributed by atoms with van der Waals surface area (Å²) < 4.78 is 48.6. The fourth-order valence-electron chi connectivity index (χ4n) is 1.26. The van der Waals surface area contributed by atoms with Gasteiger partial charge in [0, 0.05) is 0 Å². The Labute approximate surface area is 102 Å². The second-order valence-electron chi connectivity index (χ2n) is 3.55. The quantitative estimate of drug-likeness (QED) is 0.769. The Morgan fingerprint density at radius 1 is 1.17 bits per heavy atom. The summed E-state index contributed by atoms with van der Waals surface area (Å²) in [6.07, 6.45) is 0. The number of nitrogens with two attached hydrogens (primary N) is 1. The molecule has 0 fully saturated rings. The van der Waals surface area contributed by atoms with Crippen molar-refractivity contribution in [1.82, 2.24) is 0 Å². The summed E-state index contributed by atoms with van der Waals surface area (Å²) in [6, 6.07) is 2.10. The molecule has 98 valence electrons. The van der Waals surface area contributed by atoms with Crippen molar-refractivity contribution in [3.8, 4) is 0 Å². The van der Waals surface area contributed by atoms with E-state index < -0.39 is 50.2 Å². The fourth-order valence-corrected chi connectivity index (χ4v) is 2.35. The molecule has 0 spiro atoms. The van der Waals surface area contributed by atoms with Gasteiger partial charge in [0.05, 0.1) is 5.56 Å². The minimum atomic E-state index is -4.07. The molecule has 1 rings (SSSR count). The van der Waals surface area contributed by atoms with E-state index in [0.29, 0.717) is 12.1 Å². The van der Waals surface area contributed by atoms with Crippen molar-refractivity contribution in [1.29, 1.82) is 0 Å². The van der Waals surface area contributed by atoms with Gasteiger partial charge in [0.25, 0.3) is 0 Å². The summed E-state index contributed by atoms with van der Waals surface area (Å²) in [6.45, 7) is 0. The molecule has 1 aromatic rings. The van der Waals surface area contributed by atoms with Crippen LogP contribution >= 0.6 is 0 Å². The fraction of sp³-hybridized carbons (Fsp3) is 0.200. The number of primary amides is 1. The molecule has 0 bridgehead atoms. The lowest BCUT2D eigenvalue weighted by molar-refractivity contribution is -0.115. The molecular formula is C10H9F2NO4S. The number of Topliss-reactive ketones (excluding diaryl/α,β-unsaturated/α-hetero) is 1. The molecule has 1 amide bonds. The summed E-state index contributed by atoms with van der Waals surface area (Å²) in [5.41, 5.74) is 4.01. The van der Waals surface area contributed by atoms with Crippen LogP contribution in [0.15, 0.2) is 18.2 Å². The highest BCUT2D eigenvalue weighted by atomic mass is 32.2. The molecule has 8 heteroatoms. The number of amides is 1. The first-order chi connectivity index (χ1) is 8.21. The Kier molecular flexibility index (Phi) is 4.12. The normalized spacial score (nSPS) is 11.2. The third-order valence-electron chi connectivity index (χ3n) is 1.94. The van der Waals surface area contributed by atoms with E-state index in [9.17, 15) is 26.8 Å². The first kappa shape index (κ1) is 14.2. The smallest absolute Gasteiger partial charge is 0.232 e. The Morgan fingerprint density at radius 2 is 1.78 bits per heavy atom. The number of carbonyl (C=O) groups is 2. The van der Waals surface area contributed by atoms with Crippen molar-refractivity contribution in [3.05, 3.63) is 35.4 Å². The molecule has 5 nitrogen and oxygen atoms in total. The Morgan fingerprint density at radius 3 is 2.33 bits per heavy atom. The van der Waals surface area contributed by atoms with Crippen molar-refractivity contribution in [2.75, 3.05) is 11.5 Å². The van der Waals surface area contributed by atoms with Gasteiger partial charge in [0.1, 0.15) is 23.1 Å². The van der Waals surface area contributed by atoms with Crippen LogP contribution in [0.4, 0.5) is 8.78 Å². The number of carbonyl (C=O) groups excluding carboxylic acids is 2. The van der Waals surface area contributed by atoms with Gasteiger partial charge in [-0.1, -0.05) is 0 Å². The van der Waals surface area contributed by atoms with E-state index in [0.717, 1.165) is 6.07 Å². The molecule has 1 aromatic carbocycles. The number of hydrogen-bond acceptors (Lipinski definition) is 4. The van der Waals surface area contributed by atoms with Crippen LogP contribution < -0.4 is 5.73 Å². The highest BCUT2D eigenvalue weighted by Gasteiger charge is 2.22. The Hall–Kier alpha value is -1.83. The Bertz CT molecular complexity index is 598. The largest absolute Gasteiger partial charge is 0.369 e. The molecule has 0 aliphatic rings. The van der Waals surface area contributed by atoms with Gasteiger partial charge in [-0.3, -0.25) is 9.59 Å². The summed E-state index contributed by atoms with van der Waals surface area (Å²) >= 11 is 0. The molecule has 0 unspecified atom stereocenters. The predicted octanol–water partition coefficient (Wildman–Crippen LogP) is 0.0476. The van der Waals surface area contributed by atoms with E-state index in [4.69, 9.17) is 0 Å². The molecule has 0 aliphatic heterocycles. The van der Waals surface area contributed by atoms with Crippen molar-refractivity contribution < 1.29 is 26.8 Å². The van der Waals surface area contributed by atoms with Crippen molar-refractivity contribution in [2.45, 2.75) is 0 Å². The third-order valence-corrected chi connectivity index (χ3v) is 3.37. The van der Waals surface area contributed by atoms with E-state index in [-0.39, 0.29) is 0 Å². The second kappa shape index (κ2) is 5.21. The lowest BCUT2D eigenvalue weighted by Gasteiger charge is -2.03. The summed E-state index contributed by atoms with van der Waals surface area (Å²) in [5, 5.41) is 0. The van der Waals surface area contributed by atoms with Crippen LogP contribution in [0.25, 0.3) is 0 Å². The van der Waals surface area contributed by atoms with Crippen LogP contribution in [0.5, 0.6) is 0 Å².